The molecular formula is C22H22ClN5O. The topological polar surface area (TPSA) is 64.7 Å². The molecule has 2 aromatic heterocycles. The summed E-state index contributed by atoms with van der Waals surface area (Å²) in [7, 11) is 0. The van der Waals surface area contributed by atoms with Crippen LogP contribution in [0.2, 0.25) is 5.02 Å². The molecule has 0 fully saturated rings. The standard InChI is InChI=1S/C22H22ClN5O/c1-15-22(23)16(2)28(26-15)11-10-21(29)25-19-12-24-27(14-19)13-18-8-5-7-17-6-3-4-9-20(17)18/h3-9,12,14H,10-11,13H2,1-2H3,(H,25,29). The lowest BCUT2D eigenvalue weighted by atomic mass is 10.0. The molecule has 0 radical (unpaired) electrons. The van der Waals surface area contributed by atoms with Crippen LogP contribution in [0.25, 0.3) is 10.8 Å². The lowest BCUT2D eigenvalue weighted by molar-refractivity contribution is -0.116. The lowest BCUT2D eigenvalue weighted by Crippen LogP contribution is -2.15. The van der Waals surface area contributed by atoms with E-state index < -0.39 is 0 Å². The second-order valence-electron chi connectivity index (χ2n) is 7.07. The number of nitrogens with zero attached hydrogens (tertiary/aromatic N) is 4. The van der Waals surface area contributed by atoms with Crippen LogP contribution < -0.4 is 5.32 Å². The Morgan fingerprint density at radius 3 is 2.72 bits per heavy atom. The Hall–Kier alpha value is -3.12. The van der Waals surface area contributed by atoms with Crippen molar-refractivity contribution in [1.82, 2.24) is 19.6 Å². The van der Waals surface area contributed by atoms with E-state index in [-0.39, 0.29) is 5.91 Å². The number of halogens is 1. The Kier molecular flexibility index (Phi) is 5.36. The number of nitrogens with one attached hydrogen (secondary N) is 1. The highest BCUT2D eigenvalue weighted by Gasteiger charge is 2.11. The number of rotatable bonds is 6. The van der Waals surface area contributed by atoms with Crippen molar-refractivity contribution in [3.63, 3.8) is 0 Å². The first-order valence-electron chi connectivity index (χ1n) is 9.49. The van der Waals surface area contributed by atoms with Crippen molar-refractivity contribution in [2.45, 2.75) is 33.4 Å². The Morgan fingerprint density at radius 1 is 1.14 bits per heavy atom. The number of fused-ring (bicyclic) bond motifs is 1. The summed E-state index contributed by atoms with van der Waals surface area (Å²) >= 11 is 6.15. The number of hydrogen-bond donors (Lipinski definition) is 1. The zero-order valence-corrected chi connectivity index (χ0v) is 17.1. The van der Waals surface area contributed by atoms with Gasteiger partial charge in [0.1, 0.15) is 0 Å². The minimum absolute atomic E-state index is 0.0848. The maximum absolute atomic E-state index is 12.3. The highest BCUT2D eigenvalue weighted by molar-refractivity contribution is 6.31. The van der Waals surface area contributed by atoms with Crippen molar-refractivity contribution in [2.75, 3.05) is 5.32 Å². The van der Waals surface area contributed by atoms with E-state index >= 15 is 0 Å². The van der Waals surface area contributed by atoms with Crippen LogP contribution in [-0.4, -0.2) is 25.5 Å². The molecule has 2 aromatic carbocycles. The fourth-order valence-electron chi connectivity index (χ4n) is 3.44. The normalized spacial score (nSPS) is 11.1. The van der Waals surface area contributed by atoms with Crippen LogP contribution in [0.15, 0.2) is 54.9 Å². The summed E-state index contributed by atoms with van der Waals surface area (Å²) in [4.78, 5) is 12.3. The first-order valence-corrected chi connectivity index (χ1v) is 9.87. The van der Waals surface area contributed by atoms with E-state index in [0.717, 1.165) is 11.4 Å². The average Bonchev–Trinajstić information content (AvgIpc) is 3.26. The molecule has 0 bridgehead atoms. The number of anilines is 1. The molecule has 1 amide bonds. The van der Waals surface area contributed by atoms with Crippen molar-refractivity contribution in [2.24, 2.45) is 0 Å². The summed E-state index contributed by atoms with van der Waals surface area (Å²) in [5.74, 6) is -0.0848. The van der Waals surface area contributed by atoms with Crippen LogP contribution in [0.4, 0.5) is 5.69 Å². The molecule has 0 saturated heterocycles. The highest BCUT2D eigenvalue weighted by Crippen LogP contribution is 2.20. The molecule has 1 N–H and O–H groups in total. The lowest BCUT2D eigenvalue weighted by Gasteiger charge is -2.07. The third-order valence-electron chi connectivity index (χ3n) is 4.97. The van der Waals surface area contributed by atoms with Gasteiger partial charge in [0, 0.05) is 12.6 Å². The molecule has 0 aliphatic heterocycles. The van der Waals surface area contributed by atoms with Crippen LogP contribution in [-0.2, 0) is 17.9 Å². The van der Waals surface area contributed by atoms with Crippen molar-refractivity contribution < 1.29 is 4.79 Å². The number of carbonyl (C=O) groups excluding carboxylic acids is 1. The zero-order chi connectivity index (χ0) is 20.4. The van der Waals surface area contributed by atoms with E-state index in [1.807, 2.05) is 36.9 Å². The van der Waals surface area contributed by atoms with E-state index in [1.165, 1.54) is 16.3 Å². The Labute approximate surface area is 174 Å². The minimum Gasteiger partial charge on any atom is -0.323 e. The van der Waals surface area contributed by atoms with Crippen LogP contribution >= 0.6 is 11.6 Å². The Bertz CT molecular complexity index is 1170. The molecule has 4 rings (SSSR count). The van der Waals surface area contributed by atoms with Crippen LogP contribution in [0.5, 0.6) is 0 Å². The number of aromatic nitrogens is 4. The fraction of sp³-hybridized carbons (Fsp3) is 0.227. The maximum atomic E-state index is 12.3. The van der Waals surface area contributed by atoms with Gasteiger partial charge in [0.2, 0.25) is 5.91 Å². The summed E-state index contributed by atoms with van der Waals surface area (Å²) in [5.41, 5.74) is 3.52. The van der Waals surface area contributed by atoms with Crippen molar-refractivity contribution in [1.29, 1.82) is 0 Å². The van der Waals surface area contributed by atoms with Crippen molar-refractivity contribution >= 4 is 34.0 Å². The van der Waals surface area contributed by atoms with Crippen LogP contribution in [0, 0.1) is 13.8 Å². The third-order valence-corrected chi connectivity index (χ3v) is 5.52. The summed E-state index contributed by atoms with van der Waals surface area (Å²) in [6.07, 6.45) is 3.83. The van der Waals surface area contributed by atoms with Gasteiger partial charge in [-0.15, -0.1) is 0 Å². The summed E-state index contributed by atoms with van der Waals surface area (Å²) in [6, 6.07) is 14.5. The molecular weight excluding hydrogens is 386 g/mol. The van der Waals surface area contributed by atoms with Crippen molar-refractivity contribution in [3.05, 3.63) is 76.8 Å². The largest absolute Gasteiger partial charge is 0.323 e. The molecule has 0 spiro atoms. The number of amides is 1. The van der Waals surface area contributed by atoms with Crippen LogP contribution in [0.1, 0.15) is 23.4 Å². The van der Waals surface area contributed by atoms with Gasteiger partial charge in [0.05, 0.1) is 41.4 Å². The smallest absolute Gasteiger partial charge is 0.226 e. The number of carbonyl (C=O) groups is 1. The molecule has 0 saturated carbocycles. The number of benzene rings is 2. The summed E-state index contributed by atoms with van der Waals surface area (Å²) in [5, 5.41) is 14.7. The van der Waals surface area contributed by atoms with Gasteiger partial charge in [-0.1, -0.05) is 54.1 Å². The van der Waals surface area contributed by atoms with E-state index in [2.05, 4.69) is 45.8 Å². The van der Waals surface area contributed by atoms with E-state index in [9.17, 15) is 4.79 Å². The van der Waals surface area contributed by atoms with Crippen molar-refractivity contribution in [3.8, 4) is 0 Å². The van der Waals surface area contributed by atoms with Gasteiger partial charge < -0.3 is 5.32 Å². The highest BCUT2D eigenvalue weighted by atomic mass is 35.5. The van der Waals surface area contributed by atoms with Gasteiger partial charge in [0.25, 0.3) is 0 Å². The predicted molar refractivity (Wildman–Crippen MR) is 115 cm³/mol. The maximum Gasteiger partial charge on any atom is 0.226 e. The molecule has 0 unspecified atom stereocenters. The molecule has 29 heavy (non-hydrogen) atoms. The van der Waals surface area contributed by atoms with Gasteiger partial charge in [-0.05, 0) is 30.2 Å². The zero-order valence-electron chi connectivity index (χ0n) is 16.4. The number of hydrogen-bond acceptors (Lipinski definition) is 3. The van der Waals surface area contributed by atoms with Gasteiger partial charge in [0.15, 0.2) is 0 Å². The third kappa shape index (κ3) is 4.17. The molecule has 148 valence electrons. The molecule has 7 heteroatoms. The monoisotopic (exact) mass is 407 g/mol. The Morgan fingerprint density at radius 2 is 1.93 bits per heavy atom. The molecule has 0 aliphatic rings. The summed E-state index contributed by atoms with van der Waals surface area (Å²) in [6.45, 7) is 4.88. The van der Waals surface area contributed by atoms with E-state index in [1.54, 1.807) is 10.9 Å². The molecule has 6 nitrogen and oxygen atoms in total. The number of aryl methyl sites for hydroxylation is 2. The molecule has 0 aliphatic carbocycles. The molecule has 2 heterocycles. The Balaban J connectivity index is 1.38. The molecule has 0 atom stereocenters. The summed E-state index contributed by atoms with van der Waals surface area (Å²) < 4.78 is 3.60. The minimum atomic E-state index is -0.0848. The SMILES string of the molecule is Cc1nn(CCC(=O)Nc2cnn(Cc3cccc4ccccc34)c2)c(C)c1Cl. The predicted octanol–water partition coefficient (Wildman–Crippen LogP) is 4.58. The van der Waals surface area contributed by atoms with Crippen LogP contribution in [0.3, 0.4) is 0 Å². The van der Waals surface area contributed by atoms with Gasteiger partial charge in [-0.25, -0.2) is 0 Å². The van der Waals surface area contributed by atoms with Gasteiger partial charge in [-0.2, -0.15) is 10.2 Å². The van der Waals surface area contributed by atoms with E-state index in [0.29, 0.717) is 30.2 Å². The molecule has 4 aromatic rings. The van der Waals surface area contributed by atoms with Gasteiger partial charge in [-0.3, -0.25) is 14.2 Å². The second kappa shape index (κ2) is 8.09. The second-order valence-corrected chi connectivity index (χ2v) is 7.45. The van der Waals surface area contributed by atoms with E-state index in [4.69, 9.17) is 11.6 Å². The fourth-order valence-corrected chi connectivity index (χ4v) is 3.58. The first-order chi connectivity index (χ1) is 14.0. The van der Waals surface area contributed by atoms with Gasteiger partial charge >= 0.3 is 0 Å². The first kappa shape index (κ1) is 19.2. The average molecular weight is 408 g/mol. The quantitative estimate of drug-likeness (QED) is 0.508.